The van der Waals surface area contributed by atoms with E-state index in [-0.39, 0.29) is 30.7 Å². The average molecular weight is 595 g/mol. The van der Waals surface area contributed by atoms with Crippen molar-refractivity contribution in [3.05, 3.63) is 95.7 Å². The van der Waals surface area contributed by atoms with Gasteiger partial charge in [0, 0.05) is 17.8 Å². The van der Waals surface area contributed by atoms with E-state index in [2.05, 4.69) is 22.2 Å². The molecule has 0 bridgehead atoms. The van der Waals surface area contributed by atoms with Crippen LogP contribution in [0.15, 0.2) is 78.9 Å². The maximum absolute atomic E-state index is 13.3. The molecule has 0 unspecified atom stereocenters. The lowest BCUT2D eigenvalue weighted by Crippen LogP contribution is -2.38. The van der Waals surface area contributed by atoms with Gasteiger partial charge >= 0.3 is 12.0 Å². The van der Waals surface area contributed by atoms with E-state index < -0.39 is 5.97 Å². The SMILES string of the molecule is CCc1ccc(OCCOc2ccc(-c3ccc4c(c3)N(C(=O)Nc3nc5ccccc5s3)CCC4)nc2C(=O)O)cc1. The molecule has 0 spiro atoms. The van der Waals surface area contributed by atoms with Gasteiger partial charge < -0.3 is 14.6 Å². The minimum Gasteiger partial charge on any atom is -0.490 e. The Hall–Kier alpha value is -4.96. The van der Waals surface area contributed by atoms with Crippen molar-refractivity contribution in [1.82, 2.24) is 9.97 Å². The second-order valence-electron chi connectivity index (χ2n) is 10.1. The number of aromatic nitrogens is 2. The Morgan fingerprint density at radius 2 is 1.79 bits per heavy atom. The summed E-state index contributed by atoms with van der Waals surface area (Å²) in [4.78, 5) is 36.1. The highest BCUT2D eigenvalue weighted by Gasteiger charge is 2.25. The minimum absolute atomic E-state index is 0.161. The Morgan fingerprint density at radius 1 is 0.977 bits per heavy atom. The number of nitrogens with one attached hydrogen (secondary N) is 1. The van der Waals surface area contributed by atoms with Gasteiger partial charge in [-0.2, -0.15) is 0 Å². The molecular formula is C33H30N4O5S. The van der Waals surface area contributed by atoms with Gasteiger partial charge in [0.2, 0.25) is 0 Å². The van der Waals surface area contributed by atoms with E-state index in [4.69, 9.17) is 9.47 Å². The number of thiazole rings is 1. The summed E-state index contributed by atoms with van der Waals surface area (Å²) in [5, 5.41) is 13.4. The third-order valence-corrected chi connectivity index (χ3v) is 8.21. The molecule has 2 amide bonds. The summed E-state index contributed by atoms with van der Waals surface area (Å²) < 4.78 is 12.5. The summed E-state index contributed by atoms with van der Waals surface area (Å²) in [6, 6.07) is 24.4. The molecule has 0 saturated carbocycles. The molecule has 3 aromatic carbocycles. The molecule has 218 valence electrons. The summed E-state index contributed by atoms with van der Waals surface area (Å²) in [6.45, 7) is 3.06. The Morgan fingerprint density at radius 3 is 2.58 bits per heavy atom. The van der Waals surface area contributed by atoms with Gasteiger partial charge in [-0.15, -0.1) is 0 Å². The van der Waals surface area contributed by atoms with Gasteiger partial charge in [-0.1, -0.05) is 54.7 Å². The van der Waals surface area contributed by atoms with Crippen molar-refractivity contribution in [2.24, 2.45) is 0 Å². The number of carboxylic acid groups (broad SMARTS) is 1. The summed E-state index contributed by atoms with van der Waals surface area (Å²) >= 11 is 1.43. The zero-order chi connectivity index (χ0) is 29.8. The molecule has 2 aromatic heterocycles. The molecule has 1 aliphatic heterocycles. The van der Waals surface area contributed by atoms with Gasteiger partial charge in [0.1, 0.15) is 19.0 Å². The summed E-state index contributed by atoms with van der Waals surface area (Å²) in [6.07, 6.45) is 2.63. The largest absolute Gasteiger partial charge is 0.490 e. The van der Waals surface area contributed by atoms with Gasteiger partial charge in [0.15, 0.2) is 16.6 Å². The van der Waals surface area contributed by atoms with Crippen LogP contribution in [-0.4, -0.2) is 46.8 Å². The number of benzene rings is 3. The number of nitrogens with zero attached hydrogens (tertiary/aromatic N) is 3. The molecule has 0 saturated heterocycles. The molecule has 10 heteroatoms. The van der Waals surface area contributed by atoms with Crippen molar-refractivity contribution in [3.63, 3.8) is 0 Å². The van der Waals surface area contributed by atoms with Crippen molar-refractivity contribution in [3.8, 4) is 22.8 Å². The average Bonchev–Trinajstić information content (AvgIpc) is 3.45. The highest BCUT2D eigenvalue weighted by molar-refractivity contribution is 7.22. The fraction of sp³-hybridized carbons (Fsp3) is 0.212. The number of hydrogen-bond donors (Lipinski definition) is 2. The molecule has 2 N–H and O–H groups in total. The first-order valence-electron chi connectivity index (χ1n) is 14.1. The van der Waals surface area contributed by atoms with Crippen LogP contribution in [0.3, 0.4) is 0 Å². The number of amides is 2. The van der Waals surface area contributed by atoms with E-state index in [1.807, 2.05) is 66.7 Å². The van der Waals surface area contributed by atoms with Crippen LogP contribution in [0.25, 0.3) is 21.5 Å². The van der Waals surface area contributed by atoms with Gasteiger partial charge in [-0.05, 0) is 72.9 Å². The standard InChI is InChI=1S/C33H30N4O5S/c1-2-21-9-13-24(14-10-21)41-18-19-42-28-16-15-25(34-30(28)31(38)39)23-12-11-22-6-5-17-37(27(22)20-23)33(40)36-32-35-26-7-3-4-8-29(26)43-32/h3-4,7-16,20H,2,5-6,17-19H2,1H3,(H,38,39)(H,35,36,40). The number of carbonyl (C=O) groups is 2. The smallest absolute Gasteiger partial charge is 0.358 e. The van der Waals surface area contributed by atoms with E-state index in [1.165, 1.54) is 16.9 Å². The maximum Gasteiger partial charge on any atom is 0.358 e. The van der Waals surface area contributed by atoms with Crippen LogP contribution in [0.2, 0.25) is 0 Å². The second kappa shape index (κ2) is 12.5. The Balaban J connectivity index is 1.17. The third kappa shape index (κ3) is 6.29. The molecule has 1 aliphatic rings. The first-order chi connectivity index (χ1) is 21.0. The fourth-order valence-electron chi connectivity index (χ4n) is 5.04. The number of aryl methyl sites for hydroxylation is 2. The molecule has 5 aromatic rings. The molecule has 0 radical (unpaired) electrons. The topological polar surface area (TPSA) is 114 Å². The van der Waals surface area contributed by atoms with E-state index in [9.17, 15) is 14.7 Å². The monoisotopic (exact) mass is 594 g/mol. The maximum atomic E-state index is 13.3. The Labute approximate surface area is 252 Å². The van der Waals surface area contributed by atoms with Crippen molar-refractivity contribution in [2.75, 3.05) is 30.0 Å². The van der Waals surface area contributed by atoms with Crippen LogP contribution in [-0.2, 0) is 12.8 Å². The quantitative estimate of drug-likeness (QED) is 0.176. The van der Waals surface area contributed by atoms with Gasteiger partial charge in [0.05, 0.1) is 15.9 Å². The second-order valence-corrected chi connectivity index (χ2v) is 11.1. The number of anilines is 2. The zero-order valence-electron chi connectivity index (χ0n) is 23.6. The van der Waals surface area contributed by atoms with Gasteiger partial charge in [-0.25, -0.2) is 19.6 Å². The first-order valence-corrected chi connectivity index (χ1v) is 15.0. The summed E-state index contributed by atoms with van der Waals surface area (Å²) in [5.41, 5.74) is 4.85. The van der Waals surface area contributed by atoms with Crippen LogP contribution in [0.4, 0.5) is 15.6 Å². The molecule has 0 atom stereocenters. The van der Waals surface area contributed by atoms with Gasteiger partial charge in [0.25, 0.3) is 0 Å². The molecule has 0 aliphatic carbocycles. The predicted octanol–water partition coefficient (Wildman–Crippen LogP) is 7.06. The lowest BCUT2D eigenvalue weighted by atomic mass is 9.98. The number of carbonyl (C=O) groups excluding carboxylic acids is 1. The fourth-order valence-corrected chi connectivity index (χ4v) is 5.89. The normalized spacial score (nSPS) is 12.5. The van der Waals surface area contributed by atoms with E-state index in [0.29, 0.717) is 22.9 Å². The molecule has 3 heterocycles. The number of urea groups is 1. The van der Waals surface area contributed by atoms with E-state index in [0.717, 1.165) is 46.5 Å². The molecule has 43 heavy (non-hydrogen) atoms. The Kier molecular flexibility index (Phi) is 8.19. The Bertz CT molecular complexity index is 1750. The van der Waals surface area contributed by atoms with Crippen molar-refractivity contribution in [1.29, 1.82) is 0 Å². The lowest BCUT2D eigenvalue weighted by Gasteiger charge is -2.29. The number of pyridine rings is 1. The number of hydrogen-bond acceptors (Lipinski definition) is 7. The van der Waals surface area contributed by atoms with Crippen LogP contribution in [0.5, 0.6) is 11.5 Å². The molecule has 0 fully saturated rings. The highest BCUT2D eigenvalue weighted by Crippen LogP contribution is 2.34. The van der Waals surface area contributed by atoms with Crippen molar-refractivity contribution >= 4 is 44.4 Å². The van der Waals surface area contributed by atoms with Crippen molar-refractivity contribution in [2.45, 2.75) is 26.2 Å². The van der Waals surface area contributed by atoms with E-state index >= 15 is 0 Å². The number of para-hydroxylation sites is 1. The molecule has 9 nitrogen and oxygen atoms in total. The number of rotatable bonds is 9. The predicted molar refractivity (Wildman–Crippen MR) is 168 cm³/mol. The first kappa shape index (κ1) is 28.2. The summed E-state index contributed by atoms with van der Waals surface area (Å²) in [7, 11) is 0. The highest BCUT2D eigenvalue weighted by atomic mass is 32.1. The van der Waals surface area contributed by atoms with Crippen LogP contribution >= 0.6 is 11.3 Å². The van der Waals surface area contributed by atoms with E-state index in [1.54, 1.807) is 17.0 Å². The van der Waals surface area contributed by atoms with Crippen LogP contribution < -0.4 is 19.7 Å². The third-order valence-electron chi connectivity index (χ3n) is 7.25. The number of carboxylic acids is 1. The van der Waals surface area contributed by atoms with Crippen LogP contribution in [0, 0.1) is 0 Å². The minimum atomic E-state index is -1.19. The number of fused-ring (bicyclic) bond motifs is 2. The molecule has 6 rings (SSSR count). The zero-order valence-corrected chi connectivity index (χ0v) is 24.4. The molecular weight excluding hydrogens is 564 g/mol. The van der Waals surface area contributed by atoms with Crippen molar-refractivity contribution < 1.29 is 24.2 Å². The number of aromatic carboxylic acids is 1. The van der Waals surface area contributed by atoms with Gasteiger partial charge in [-0.3, -0.25) is 10.2 Å². The number of ether oxygens (including phenoxy) is 2. The van der Waals surface area contributed by atoms with Crippen LogP contribution in [0.1, 0.15) is 35.0 Å². The lowest BCUT2D eigenvalue weighted by molar-refractivity contribution is 0.0684. The summed E-state index contributed by atoms with van der Waals surface area (Å²) in [5.74, 6) is -0.304.